The van der Waals surface area contributed by atoms with Crippen LogP contribution in [0, 0.1) is 6.92 Å². The standard InChI is InChI=1S/C20H20N2O4S/c1-12-7-5-8-13(11-12)16(23)17-15(14-9-6-10-25-14)21-18(27-17)22-19(24)26-20(2,3)4/h5-11H,1-4H3,(H,21,22,24). The minimum Gasteiger partial charge on any atom is -0.463 e. The minimum atomic E-state index is -0.634. The highest BCUT2D eigenvalue weighted by Crippen LogP contribution is 2.33. The van der Waals surface area contributed by atoms with E-state index in [9.17, 15) is 9.59 Å². The molecule has 3 aromatic rings. The van der Waals surface area contributed by atoms with Crippen molar-refractivity contribution in [3.8, 4) is 11.5 Å². The van der Waals surface area contributed by atoms with Gasteiger partial charge >= 0.3 is 6.09 Å². The predicted molar refractivity (Wildman–Crippen MR) is 104 cm³/mol. The van der Waals surface area contributed by atoms with Gasteiger partial charge in [0.1, 0.15) is 16.2 Å². The van der Waals surface area contributed by atoms with Crippen LogP contribution >= 0.6 is 11.3 Å². The number of aromatic nitrogens is 1. The van der Waals surface area contributed by atoms with Crippen molar-refractivity contribution >= 4 is 28.3 Å². The zero-order valence-electron chi connectivity index (χ0n) is 15.5. The zero-order valence-corrected chi connectivity index (χ0v) is 16.3. The second-order valence-electron chi connectivity index (χ2n) is 7.00. The fraction of sp³-hybridized carbons (Fsp3) is 0.250. The summed E-state index contributed by atoms with van der Waals surface area (Å²) in [5, 5.41) is 2.86. The molecule has 6 nitrogen and oxygen atoms in total. The zero-order chi connectivity index (χ0) is 19.6. The van der Waals surface area contributed by atoms with E-state index in [4.69, 9.17) is 9.15 Å². The van der Waals surface area contributed by atoms with Crippen LogP contribution in [0.3, 0.4) is 0 Å². The second kappa shape index (κ2) is 7.36. The first-order valence-electron chi connectivity index (χ1n) is 8.39. The van der Waals surface area contributed by atoms with Crippen LogP contribution in [0.2, 0.25) is 0 Å². The molecule has 2 aromatic heterocycles. The molecule has 7 heteroatoms. The van der Waals surface area contributed by atoms with E-state index in [2.05, 4.69) is 10.3 Å². The molecule has 0 bridgehead atoms. The molecule has 0 fully saturated rings. The van der Waals surface area contributed by atoms with Crippen LogP contribution in [0.15, 0.2) is 47.1 Å². The number of ether oxygens (including phenoxy) is 1. The number of amides is 1. The van der Waals surface area contributed by atoms with E-state index in [1.165, 1.54) is 6.26 Å². The van der Waals surface area contributed by atoms with Crippen LogP contribution in [0.1, 0.15) is 41.6 Å². The lowest BCUT2D eigenvalue weighted by molar-refractivity contribution is 0.0635. The van der Waals surface area contributed by atoms with Gasteiger partial charge in [-0.25, -0.2) is 9.78 Å². The average Bonchev–Trinajstić information content (AvgIpc) is 3.21. The third-order valence-corrected chi connectivity index (χ3v) is 4.45. The highest BCUT2D eigenvalue weighted by Gasteiger charge is 2.24. The predicted octanol–water partition coefficient (Wildman–Crippen LogP) is 5.29. The van der Waals surface area contributed by atoms with E-state index in [-0.39, 0.29) is 10.9 Å². The molecule has 0 unspecified atom stereocenters. The molecule has 3 rings (SSSR count). The van der Waals surface area contributed by atoms with Crippen molar-refractivity contribution in [1.82, 2.24) is 4.98 Å². The first kappa shape index (κ1) is 18.8. The van der Waals surface area contributed by atoms with E-state index in [1.807, 2.05) is 25.1 Å². The highest BCUT2D eigenvalue weighted by atomic mass is 32.1. The Morgan fingerprint density at radius 3 is 2.59 bits per heavy atom. The van der Waals surface area contributed by atoms with Gasteiger partial charge in [0, 0.05) is 5.56 Å². The summed E-state index contributed by atoms with van der Waals surface area (Å²) in [5.74, 6) is 0.277. The van der Waals surface area contributed by atoms with Gasteiger partial charge in [-0.3, -0.25) is 10.1 Å². The van der Waals surface area contributed by atoms with Gasteiger partial charge in [-0.2, -0.15) is 0 Å². The number of anilines is 1. The maximum atomic E-state index is 13.0. The summed E-state index contributed by atoms with van der Waals surface area (Å²) in [7, 11) is 0. The fourth-order valence-corrected chi connectivity index (χ4v) is 3.33. The number of rotatable bonds is 4. The largest absolute Gasteiger partial charge is 0.463 e. The molecule has 0 saturated heterocycles. The van der Waals surface area contributed by atoms with Crippen LogP contribution in [-0.4, -0.2) is 22.5 Å². The topological polar surface area (TPSA) is 81.4 Å². The molecule has 27 heavy (non-hydrogen) atoms. The van der Waals surface area contributed by atoms with E-state index < -0.39 is 11.7 Å². The summed E-state index contributed by atoms with van der Waals surface area (Å²) in [4.78, 5) is 29.8. The summed E-state index contributed by atoms with van der Waals surface area (Å²) >= 11 is 1.09. The Bertz CT molecular complexity index is 968. The number of carbonyl (C=O) groups is 2. The van der Waals surface area contributed by atoms with Crippen molar-refractivity contribution in [2.45, 2.75) is 33.3 Å². The number of hydrogen-bond acceptors (Lipinski definition) is 6. The molecule has 0 saturated carbocycles. The molecule has 140 valence electrons. The number of furan rings is 1. The Labute approximate surface area is 161 Å². The molecule has 0 radical (unpaired) electrons. The third kappa shape index (κ3) is 4.62. The third-order valence-electron chi connectivity index (χ3n) is 3.48. The molecule has 1 N–H and O–H groups in total. The normalized spacial score (nSPS) is 11.3. The number of carbonyl (C=O) groups excluding carboxylic acids is 2. The van der Waals surface area contributed by atoms with Gasteiger partial charge in [0.05, 0.1) is 6.26 Å². The van der Waals surface area contributed by atoms with Crippen molar-refractivity contribution < 1.29 is 18.7 Å². The SMILES string of the molecule is Cc1cccc(C(=O)c2sc(NC(=O)OC(C)(C)C)nc2-c2ccco2)c1. The molecule has 1 aromatic carbocycles. The maximum absolute atomic E-state index is 13.0. The Morgan fingerprint density at radius 1 is 1.19 bits per heavy atom. The molecule has 1 amide bonds. The summed E-state index contributed by atoms with van der Waals surface area (Å²) < 4.78 is 10.7. The number of benzene rings is 1. The molecule has 0 atom stereocenters. The van der Waals surface area contributed by atoms with E-state index >= 15 is 0 Å². The van der Waals surface area contributed by atoms with Gasteiger partial charge in [0.15, 0.2) is 10.9 Å². The maximum Gasteiger partial charge on any atom is 0.413 e. The summed E-state index contributed by atoms with van der Waals surface area (Å²) in [6, 6.07) is 10.8. The van der Waals surface area contributed by atoms with Crippen LogP contribution < -0.4 is 5.32 Å². The van der Waals surface area contributed by atoms with E-state index in [0.717, 1.165) is 16.9 Å². The smallest absolute Gasteiger partial charge is 0.413 e. The quantitative estimate of drug-likeness (QED) is 0.618. The van der Waals surface area contributed by atoms with Crippen LogP contribution in [0.25, 0.3) is 11.5 Å². The monoisotopic (exact) mass is 384 g/mol. The Balaban J connectivity index is 1.96. The summed E-state index contributed by atoms with van der Waals surface area (Å²) in [5.41, 5.74) is 1.29. The number of aryl methyl sites for hydroxylation is 1. The van der Waals surface area contributed by atoms with Crippen molar-refractivity contribution in [3.63, 3.8) is 0 Å². The molecule has 0 aliphatic heterocycles. The van der Waals surface area contributed by atoms with Crippen LogP contribution in [-0.2, 0) is 4.74 Å². The lowest BCUT2D eigenvalue weighted by Gasteiger charge is -2.18. The van der Waals surface area contributed by atoms with Crippen LogP contribution in [0.5, 0.6) is 0 Å². The second-order valence-corrected chi connectivity index (χ2v) is 8.00. The lowest BCUT2D eigenvalue weighted by atomic mass is 10.1. The number of ketones is 1. The van der Waals surface area contributed by atoms with Crippen molar-refractivity contribution in [3.05, 3.63) is 58.7 Å². The average molecular weight is 384 g/mol. The van der Waals surface area contributed by atoms with Gasteiger partial charge < -0.3 is 9.15 Å². The molecule has 0 aliphatic carbocycles. The van der Waals surface area contributed by atoms with Gasteiger partial charge in [0.2, 0.25) is 5.78 Å². The lowest BCUT2D eigenvalue weighted by Crippen LogP contribution is -2.27. The number of nitrogens with one attached hydrogen (secondary N) is 1. The van der Waals surface area contributed by atoms with Crippen molar-refractivity contribution in [2.24, 2.45) is 0 Å². The molecule has 0 spiro atoms. The number of thiazole rings is 1. The molecular weight excluding hydrogens is 364 g/mol. The Kier molecular flexibility index (Phi) is 5.14. The van der Waals surface area contributed by atoms with E-state index in [1.54, 1.807) is 39.0 Å². The Hall–Kier alpha value is -2.93. The Morgan fingerprint density at radius 2 is 1.96 bits per heavy atom. The van der Waals surface area contributed by atoms with Gasteiger partial charge in [-0.05, 0) is 45.9 Å². The summed E-state index contributed by atoms with van der Waals surface area (Å²) in [6.07, 6.45) is 0.883. The fourth-order valence-electron chi connectivity index (χ4n) is 2.42. The molecule has 0 aliphatic rings. The highest BCUT2D eigenvalue weighted by molar-refractivity contribution is 7.18. The van der Waals surface area contributed by atoms with Crippen molar-refractivity contribution in [1.29, 1.82) is 0 Å². The first-order valence-corrected chi connectivity index (χ1v) is 9.20. The van der Waals surface area contributed by atoms with E-state index in [0.29, 0.717) is 21.9 Å². The molecular formula is C20H20N2O4S. The number of nitrogens with zero attached hydrogens (tertiary/aromatic N) is 1. The first-order chi connectivity index (χ1) is 12.7. The van der Waals surface area contributed by atoms with Gasteiger partial charge in [-0.15, -0.1) is 0 Å². The van der Waals surface area contributed by atoms with Crippen molar-refractivity contribution in [2.75, 3.05) is 5.32 Å². The molecule has 2 heterocycles. The minimum absolute atomic E-state index is 0.181. The summed E-state index contributed by atoms with van der Waals surface area (Å²) in [6.45, 7) is 7.24. The van der Waals surface area contributed by atoms with Gasteiger partial charge in [0.25, 0.3) is 0 Å². The van der Waals surface area contributed by atoms with Crippen LogP contribution in [0.4, 0.5) is 9.93 Å². The number of hydrogen-bond donors (Lipinski definition) is 1. The van der Waals surface area contributed by atoms with Gasteiger partial charge in [-0.1, -0.05) is 35.1 Å².